The third-order valence-electron chi connectivity index (χ3n) is 4.82. The van der Waals surface area contributed by atoms with Crippen molar-refractivity contribution in [2.75, 3.05) is 13.2 Å². The monoisotopic (exact) mass is 288 g/mol. The summed E-state index contributed by atoms with van der Waals surface area (Å²) in [6.45, 7) is 2.52. The Balaban J connectivity index is 1.66. The fourth-order valence-corrected chi connectivity index (χ4v) is 3.57. The van der Waals surface area contributed by atoms with E-state index in [1.54, 1.807) is 0 Å². The highest BCUT2D eigenvalue weighted by molar-refractivity contribution is 5.15. The van der Waals surface area contributed by atoms with Gasteiger partial charge in [0.05, 0.1) is 0 Å². The van der Waals surface area contributed by atoms with Gasteiger partial charge in [0.1, 0.15) is 0 Å². The highest BCUT2D eigenvalue weighted by atomic mass is 16.3. The quantitative estimate of drug-likeness (QED) is 0.809. The van der Waals surface area contributed by atoms with Crippen LogP contribution in [0.15, 0.2) is 30.3 Å². The molecule has 2 fully saturated rings. The van der Waals surface area contributed by atoms with E-state index in [1.807, 2.05) is 0 Å². The molecule has 0 bridgehead atoms. The van der Waals surface area contributed by atoms with Crippen LogP contribution < -0.4 is 5.32 Å². The molecule has 1 aliphatic heterocycles. The minimum absolute atomic E-state index is 0.292. The largest absolute Gasteiger partial charge is 0.396 e. The first kappa shape index (κ1) is 15.0. The average molecular weight is 288 g/mol. The molecule has 3 heteroatoms. The van der Waals surface area contributed by atoms with Crippen LogP contribution in [0.4, 0.5) is 0 Å². The third kappa shape index (κ3) is 4.29. The zero-order valence-corrected chi connectivity index (χ0v) is 12.9. The Labute approximate surface area is 128 Å². The van der Waals surface area contributed by atoms with Crippen molar-refractivity contribution in [3.05, 3.63) is 35.9 Å². The molecule has 1 aliphatic carbocycles. The molecule has 21 heavy (non-hydrogen) atoms. The highest BCUT2D eigenvalue weighted by Gasteiger charge is 2.33. The second kappa shape index (κ2) is 7.39. The molecule has 1 saturated carbocycles. The number of aliphatic hydroxyl groups excluding tert-OH is 1. The fourth-order valence-electron chi connectivity index (χ4n) is 3.57. The van der Waals surface area contributed by atoms with E-state index in [2.05, 4.69) is 40.5 Å². The van der Waals surface area contributed by atoms with Crippen LogP contribution in [-0.2, 0) is 6.54 Å². The number of hydrogen-bond donors (Lipinski definition) is 2. The third-order valence-corrected chi connectivity index (χ3v) is 4.82. The van der Waals surface area contributed by atoms with Crippen molar-refractivity contribution in [1.82, 2.24) is 10.2 Å². The van der Waals surface area contributed by atoms with Crippen molar-refractivity contribution < 1.29 is 5.11 Å². The number of aliphatic hydroxyl groups is 1. The summed E-state index contributed by atoms with van der Waals surface area (Å²) >= 11 is 0. The Morgan fingerprint density at radius 3 is 2.67 bits per heavy atom. The van der Waals surface area contributed by atoms with Gasteiger partial charge < -0.3 is 10.4 Å². The second-order valence-corrected chi connectivity index (χ2v) is 6.58. The van der Waals surface area contributed by atoms with E-state index in [1.165, 1.54) is 44.2 Å². The predicted octanol–water partition coefficient (Wildman–Crippen LogP) is 2.54. The van der Waals surface area contributed by atoms with Crippen LogP contribution in [0.3, 0.4) is 0 Å². The Morgan fingerprint density at radius 2 is 1.95 bits per heavy atom. The maximum Gasteiger partial charge on any atom is 0.0446 e. The van der Waals surface area contributed by atoms with Gasteiger partial charge in [-0.15, -0.1) is 0 Å². The van der Waals surface area contributed by atoms with E-state index in [9.17, 15) is 5.11 Å². The topological polar surface area (TPSA) is 35.5 Å². The number of nitrogens with one attached hydrogen (secondary N) is 1. The average Bonchev–Trinajstić information content (AvgIpc) is 3.33. The van der Waals surface area contributed by atoms with Gasteiger partial charge in [-0.1, -0.05) is 36.8 Å². The molecular formula is C18H28N2O. The number of nitrogens with zero attached hydrogens (tertiary/aromatic N) is 1. The van der Waals surface area contributed by atoms with Crippen molar-refractivity contribution >= 4 is 0 Å². The normalized spacial score (nSPS) is 24.9. The molecule has 0 amide bonds. The maximum atomic E-state index is 9.42. The van der Waals surface area contributed by atoms with Crippen LogP contribution in [0.1, 0.15) is 44.1 Å². The van der Waals surface area contributed by atoms with Gasteiger partial charge in [0.15, 0.2) is 0 Å². The minimum Gasteiger partial charge on any atom is -0.396 e. The molecule has 0 radical (unpaired) electrons. The van der Waals surface area contributed by atoms with Gasteiger partial charge in [-0.05, 0) is 44.2 Å². The summed E-state index contributed by atoms with van der Waals surface area (Å²) in [6.07, 6.45) is 7.40. The van der Waals surface area contributed by atoms with Crippen molar-refractivity contribution in [3.8, 4) is 0 Å². The number of piperidine rings is 1. The van der Waals surface area contributed by atoms with Crippen molar-refractivity contribution in [2.24, 2.45) is 0 Å². The molecule has 2 atom stereocenters. The summed E-state index contributed by atoms with van der Waals surface area (Å²) in [7, 11) is 0. The highest BCUT2D eigenvalue weighted by Crippen LogP contribution is 2.27. The van der Waals surface area contributed by atoms with Gasteiger partial charge in [-0.3, -0.25) is 4.90 Å². The van der Waals surface area contributed by atoms with E-state index in [4.69, 9.17) is 0 Å². The molecule has 2 aliphatic rings. The molecule has 1 saturated heterocycles. The zero-order valence-electron chi connectivity index (χ0n) is 12.9. The molecule has 1 aromatic rings. The van der Waals surface area contributed by atoms with E-state index in [0.29, 0.717) is 24.7 Å². The molecular weight excluding hydrogens is 260 g/mol. The molecule has 1 aromatic carbocycles. The first-order chi connectivity index (χ1) is 10.4. The summed E-state index contributed by atoms with van der Waals surface area (Å²) < 4.78 is 0. The summed E-state index contributed by atoms with van der Waals surface area (Å²) in [4.78, 5) is 2.63. The molecule has 3 rings (SSSR count). The Bertz CT molecular complexity index is 418. The lowest BCUT2D eigenvalue weighted by Gasteiger charge is -2.41. The summed E-state index contributed by atoms with van der Waals surface area (Å²) in [5, 5.41) is 13.2. The lowest BCUT2D eigenvalue weighted by molar-refractivity contribution is 0.0941. The van der Waals surface area contributed by atoms with Gasteiger partial charge in [-0.2, -0.15) is 0 Å². The lowest BCUT2D eigenvalue weighted by atomic mass is 9.93. The van der Waals surface area contributed by atoms with E-state index in [0.717, 1.165) is 13.0 Å². The van der Waals surface area contributed by atoms with E-state index in [-0.39, 0.29) is 0 Å². The van der Waals surface area contributed by atoms with Crippen LogP contribution >= 0.6 is 0 Å². The molecule has 116 valence electrons. The van der Waals surface area contributed by atoms with Gasteiger partial charge in [0.2, 0.25) is 0 Å². The van der Waals surface area contributed by atoms with Crippen molar-refractivity contribution in [1.29, 1.82) is 0 Å². The zero-order chi connectivity index (χ0) is 14.5. The van der Waals surface area contributed by atoms with Gasteiger partial charge >= 0.3 is 0 Å². The number of hydrogen-bond acceptors (Lipinski definition) is 3. The molecule has 2 N–H and O–H groups in total. The van der Waals surface area contributed by atoms with Crippen LogP contribution in [0.2, 0.25) is 0 Å². The summed E-state index contributed by atoms with van der Waals surface area (Å²) in [5.74, 6) is 0. The molecule has 1 heterocycles. The van der Waals surface area contributed by atoms with Crippen LogP contribution in [0, 0.1) is 0 Å². The summed E-state index contributed by atoms with van der Waals surface area (Å²) in [6, 6.07) is 12.5. The van der Waals surface area contributed by atoms with Crippen molar-refractivity contribution in [2.45, 2.75) is 63.2 Å². The summed E-state index contributed by atoms with van der Waals surface area (Å²) in [5.41, 5.74) is 1.40. The Hall–Kier alpha value is -0.900. The SMILES string of the molecule is OCC[C@H](NC1CC1)[C@H]1CCCCN1Cc1ccccc1. The first-order valence-electron chi connectivity index (χ1n) is 8.51. The van der Waals surface area contributed by atoms with Crippen LogP contribution in [-0.4, -0.2) is 41.3 Å². The maximum absolute atomic E-state index is 9.42. The molecule has 0 spiro atoms. The van der Waals surface area contributed by atoms with E-state index < -0.39 is 0 Å². The Morgan fingerprint density at radius 1 is 1.14 bits per heavy atom. The van der Waals surface area contributed by atoms with Gasteiger partial charge in [0.25, 0.3) is 0 Å². The van der Waals surface area contributed by atoms with Gasteiger partial charge in [0, 0.05) is 31.3 Å². The molecule has 3 nitrogen and oxygen atoms in total. The second-order valence-electron chi connectivity index (χ2n) is 6.58. The van der Waals surface area contributed by atoms with Gasteiger partial charge in [-0.25, -0.2) is 0 Å². The fraction of sp³-hybridized carbons (Fsp3) is 0.667. The lowest BCUT2D eigenvalue weighted by Crippen LogP contribution is -2.52. The standard InChI is InChI=1S/C18H28N2O/c21-13-11-17(19-16-9-10-16)18-8-4-5-12-20(18)14-15-6-2-1-3-7-15/h1-3,6-7,16-19,21H,4-5,8-14H2/t17-,18+/m0/s1. The van der Waals surface area contributed by atoms with Crippen LogP contribution in [0.25, 0.3) is 0 Å². The molecule has 0 unspecified atom stereocenters. The number of benzene rings is 1. The number of likely N-dealkylation sites (tertiary alicyclic amines) is 1. The first-order valence-corrected chi connectivity index (χ1v) is 8.51. The van der Waals surface area contributed by atoms with E-state index >= 15 is 0 Å². The van der Waals surface area contributed by atoms with Crippen molar-refractivity contribution in [3.63, 3.8) is 0 Å². The minimum atomic E-state index is 0.292. The number of rotatable bonds is 7. The Kier molecular flexibility index (Phi) is 5.28. The van der Waals surface area contributed by atoms with Crippen LogP contribution in [0.5, 0.6) is 0 Å². The predicted molar refractivity (Wildman–Crippen MR) is 86.1 cm³/mol. The molecule has 0 aromatic heterocycles. The smallest absolute Gasteiger partial charge is 0.0446 e.